The Morgan fingerprint density at radius 2 is 2.00 bits per heavy atom. The molecule has 0 saturated carbocycles. The Morgan fingerprint density at radius 1 is 1.16 bits per heavy atom. The highest BCUT2D eigenvalue weighted by molar-refractivity contribution is 7.98. The summed E-state index contributed by atoms with van der Waals surface area (Å²) in [5.41, 5.74) is 3.29. The topological polar surface area (TPSA) is 86.9 Å². The van der Waals surface area contributed by atoms with Crippen molar-refractivity contribution >= 4 is 50.9 Å². The third-order valence-electron chi connectivity index (χ3n) is 4.85. The van der Waals surface area contributed by atoms with Crippen molar-refractivity contribution in [2.75, 3.05) is 17.3 Å². The number of anilines is 1. The minimum Gasteiger partial charge on any atom is -0.361 e. The highest BCUT2D eigenvalue weighted by Crippen LogP contribution is 2.25. The molecule has 2 amide bonds. The number of carbonyl (C=O) groups is 2. The number of amides is 2. The van der Waals surface area contributed by atoms with Crippen LogP contribution in [0.15, 0.2) is 66.2 Å². The molecule has 0 fully saturated rings. The maximum absolute atomic E-state index is 12.9. The molecule has 1 unspecified atom stereocenters. The first kappa shape index (κ1) is 21.1. The van der Waals surface area contributed by atoms with Crippen LogP contribution in [-0.4, -0.2) is 39.8 Å². The summed E-state index contributed by atoms with van der Waals surface area (Å²) in [5, 5.41) is 9.13. The van der Waals surface area contributed by atoms with E-state index in [1.54, 1.807) is 17.8 Å². The molecule has 6 nitrogen and oxygen atoms in total. The third-order valence-corrected chi connectivity index (χ3v) is 6.25. The Kier molecular flexibility index (Phi) is 6.69. The van der Waals surface area contributed by atoms with E-state index in [1.165, 1.54) is 11.3 Å². The van der Waals surface area contributed by atoms with Gasteiger partial charge in [0.2, 0.25) is 5.91 Å². The summed E-state index contributed by atoms with van der Waals surface area (Å²) in [6.45, 7) is 0. The summed E-state index contributed by atoms with van der Waals surface area (Å²) in [7, 11) is 0. The molecule has 31 heavy (non-hydrogen) atoms. The summed E-state index contributed by atoms with van der Waals surface area (Å²) in [5.74, 6) is 0.218. The largest absolute Gasteiger partial charge is 0.361 e. The fourth-order valence-corrected chi connectivity index (χ4v) is 4.40. The lowest BCUT2D eigenvalue weighted by molar-refractivity contribution is -0.118. The lowest BCUT2D eigenvalue weighted by Gasteiger charge is -2.17. The molecule has 0 aliphatic heterocycles. The molecule has 0 saturated heterocycles. The van der Waals surface area contributed by atoms with Crippen LogP contribution < -0.4 is 10.6 Å². The molecule has 2 heterocycles. The highest BCUT2D eigenvalue weighted by atomic mass is 32.2. The number of H-pyrrole nitrogens is 1. The van der Waals surface area contributed by atoms with E-state index >= 15 is 0 Å². The number of nitrogens with zero attached hydrogens (tertiary/aromatic N) is 1. The van der Waals surface area contributed by atoms with Gasteiger partial charge in [-0.05, 0) is 42.7 Å². The minimum absolute atomic E-state index is 0.265. The molecule has 3 N–H and O–H groups in total. The van der Waals surface area contributed by atoms with Crippen LogP contribution in [0, 0.1) is 0 Å². The second-order valence-electron chi connectivity index (χ2n) is 6.98. The number of nitrogens with one attached hydrogen (secondary N) is 3. The van der Waals surface area contributed by atoms with Crippen molar-refractivity contribution in [2.24, 2.45) is 0 Å². The van der Waals surface area contributed by atoms with Gasteiger partial charge >= 0.3 is 0 Å². The summed E-state index contributed by atoms with van der Waals surface area (Å²) in [6, 6.07) is 16.5. The number of aromatic nitrogens is 2. The fraction of sp³-hybridized carbons (Fsp3) is 0.174. The van der Waals surface area contributed by atoms with Crippen molar-refractivity contribution in [2.45, 2.75) is 12.5 Å². The average Bonchev–Trinajstić information content (AvgIpc) is 3.46. The van der Waals surface area contributed by atoms with Crippen LogP contribution in [0.5, 0.6) is 0 Å². The zero-order chi connectivity index (χ0) is 21.6. The first-order valence-corrected chi connectivity index (χ1v) is 12.1. The predicted molar refractivity (Wildman–Crippen MR) is 129 cm³/mol. The number of thioether (sulfide) groups is 1. The Hall–Kier alpha value is -3.10. The minimum atomic E-state index is -0.647. The molecule has 158 valence electrons. The number of thiazole rings is 1. The number of carbonyl (C=O) groups excluding carboxylic acids is 2. The number of aromatic amines is 1. The van der Waals surface area contributed by atoms with Gasteiger partial charge in [-0.25, -0.2) is 4.98 Å². The van der Waals surface area contributed by atoms with Crippen LogP contribution in [0.4, 0.5) is 5.13 Å². The molecule has 4 aromatic rings. The molecule has 2 aromatic carbocycles. The van der Waals surface area contributed by atoms with E-state index < -0.39 is 6.04 Å². The van der Waals surface area contributed by atoms with Crippen LogP contribution in [0.25, 0.3) is 22.2 Å². The molecule has 0 bridgehead atoms. The average molecular weight is 451 g/mol. The van der Waals surface area contributed by atoms with Gasteiger partial charge < -0.3 is 15.6 Å². The van der Waals surface area contributed by atoms with Gasteiger partial charge in [0.05, 0.1) is 5.69 Å². The first-order chi connectivity index (χ1) is 15.1. The van der Waals surface area contributed by atoms with E-state index in [2.05, 4.69) is 20.6 Å². The number of rotatable bonds is 8. The molecule has 8 heteroatoms. The molecule has 0 radical (unpaired) electrons. The molecule has 4 rings (SSSR count). The highest BCUT2D eigenvalue weighted by Gasteiger charge is 2.22. The van der Waals surface area contributed by atoms with Crippen LogP contribution >= 0.6 is 23.1 Å². The maximum atomic E-state index is 12.9. The molecule has 1 atom stereocenters. The molecule has 2 aromatic heterocycles. The summed E-state index contributed by atoms with van der Waals surface area (Å²) < 4.78 is 0. The van der Waals surface area contributed by atoms with Gasteiger partial charge in [0.1, 0.15) is 6.04 Å². The van der Waals surface area contributed by atoms with E-state index in [0.717, 1.165) is 27.9 Å². The van der Waals surface area contributed by atoms with Gasteiger partial charge in [0.15, 0.2) is 5.13 Å². The van der Waals surface area contributed by atoms with Crippen molar-refractivity contribution < 1.29 is 9.59 Å². The van der Waals surface area contributed by atoms with Crippen LogP contribution in [0.2, 0.25) is 0 Å². The van der Waals surface area contributed by atoms with Crippen LogP contribution in [0.3, 0.4) is 0 Å². The first-order valence-electron chi connectivity index (χ1n) is 9.83. The van der Waals surface area contributed by atoms with Crippen molar-refractivity contribution in [3.8, 4) is 11.3 Å². The number of hydrogen-bond donors (Lipinski definition) is 3. The van der Waals surface area contributed by atoms with Crippen molar-refractivity contribution in [1.82, 2.24) is 15.3 Å². The normalized spacial score (nSPS) is 11.9. The summed E-state index contributed by atoms with van der Waals surface area (Å²) in [4.78, 5) is 33.4. The smallest absolute Gasteiger partial charge is 0.251 e. The van der Waals surface area contributed by atoms with E-state index in [9.17, 15) is 9.59 Å². The summed E-state index contributed by atoms with van der Waals surface area (Å²) >= 11 is 3.00. The monoisotopic (exact) mass is 450 g/mol. The Bertz CT molecular complexity index is 1190. The number of benzene rings is 2. The van der Waals surface area contributed by atoms with Crippen LogP contribution in [-0.2, 0) is 4.79 Å². The van der Waals surface area contributed by atoms with E-state index in [4.69, 9.17) is 0 Å². The Labute approximate surface area is 188 Å². The quantitative estimate of drug-likeness (QED) is 0.360. The Morgan fingerprint density at radius 3 is 2.81 bits per heavy atom. The van der Waals surface area contributed by atoms with E-state index in [1.807, 2.05) is 66.4 Å². The molecular formula is C23H22N4O2S2. The molecule has 0 spiro atoms. The zero-order valence-corrected chi connectivity index (χ0v) is 18.6. The number of hydrogen-bond acceptors (Lipinski definition) is 5. The predicted octanol–water partition coefficient (Wildman–Crippen LogP) is 4.78. The van der Waals surface area contributed by atoms with E-state index in [-0.39, 0.29) is 11.8 Å². The van der Waals surface area contributed by atoms with Gasteiger partial charge in [-0.15, -0.1) is 11.3 Å². The molecule has 0 aliphatic carbocycles. The lowest BCUT2D eigenvalue weighted by atomic mass is 10.1. The zero-order valence-electron chi connectivity index (χ0n) is 16.9. The lowest BCUT2D eigenvalue weighted by Crippen LogP contribution is -2.44. The van der Waals surface area contributed by atoms with Crippen molar-refractivity contribution in [1.29, 1.82) is 0 Å². The van der Waals surface area contributed by atoms with Gasteiger partial charge in [0.25, 0.3) is 5.91 Å². The Balaban J connectivity index is 1.46. The summed E-state index contributed by atoms with van der Waals surface area (Å²) in [6.07, 6.45) is 4.34. The second kappa shape index (κ2) is 9.80. The number of fused-ring (bicyclic) bond motifs is 1. The van der Waals surface area contributed by atoms with Crippen LogP contribution in [0.1, 0.15) is 16.8 Å². The van der Waals surface area contributed by atoms with Gasteiger partial charge in [-0.1, -0.05) is 30.3 Å². The van der Waals surface area contributed by atoms with Crippen molar-refractivity contribution in [3.63, 3.8) is 0 Å². The molecular weight excluding hydrogens is 428 g/mol. The molecule has 0 aliphatic rings. The second-order valence-corrected chi connectivity index (χ2v) is 8.82. The SMILES string of the molecule is CSCCC(NC(=O)c1ccc2[nH]ccc2c1)C(=O)Nc1nc(-c2ccccc2)cs1. The van der Waals surface area contributed by atoms with E-state index in [0.29, 0.717) is 17.1 Å². The maximum Gasteiger partial charge on any atom is 0.251 e. The van der Waals surface area contributed by atoms with Gasteiger partial charge in [-0.2, -0.15) is 11.8 Å². The van der Waals surface area contributed by atoms with Crippen molar-refractivity contribution in [3.05, 3.63) is 71.7 Å². The fourth-order valence-electron chi connectivity index (χ4n) is 3.21. The third kappa shape index (κ3) is 5.15. The standard InChI is InChI=1S/C23H22N4O2S2/c1-30-12-10-19(25-21(28)17-7-8-18-16(13-17)9-11-24-18)22(29)27-23-26-20(14-31-23)15-5-3-2-4-6-15/h2-9,11,13-14,19,24H,10,12H2,1H3,(H,25,28)(H,26,27,29). The van der Waals surface area contributed by atoms with Gasteiger partial charge in [0, 0.05) is 33.6 Å². The van der Waals surface area contributed by atoms with Gasteiger partial charge in [-0.3, -0.25) is 9.59 Å².